The Morgan fingerprint density at radius 1 is 1.07 bits per heavy atom. The highest BCUT2D eigenvalue weighted by atomic mass is 79.9. The second kappa shape index (κ2) is 7.96. The zero-order valence-corrected chi connectivity index (χ0v) is 16.1. The van der Waals surface area contributed by atoms with E-state index < -0.39 is 17.0 Å². The predicted molar refractivity (Wildman–Crippen MR) is 104 cm³/mol. The molecule has 0 spiro atoms. The zero-order chi connectivity index (χ0) is 19.4. The van der Waals surface area contributed by atoms with E-state index in [4.69, 9.17) is 5.21 Å². The number of aromatic nitrogens is 1. The molecule has 0 radical (unpaired) electrons. The van der Waals surface area contributed by atoms with E-state index in [9.17, 15) is 8.78 Å². The van der Waals surface area contributed by atoms with Crippen LogP contribution in [0.1, 0.15) is 28.8 Å². The van der Waals surface area contributed by atoms with Crippen molar-refractivity contribution in [3.05, 3.63) is 99.3 Å². The van der Waals surface area contributed by atoms with E-state index in [-0.39, 0.29) is 12.0 Å². The Morgan fingerprint density at radius 2 is 1.81 bits per heavy atom. The smallest absolute Gasteiger partial charge is 0.130 e. The molecular formula is C21H17BrF2N2O. The highest BCUT2D eigenvalue weighted by Crippen LogP contribution is 2.43. The molecule has 0 fully saturated rings. The molecule has 1 aromatic heterocycles. The van der Waals surface area contributed by atoms with Crippen LogP contribution in [-0.2, 0) is 5.41 Å². The van der Waals surface area contributed by atoms with Crippen molar-refractivity contribution >= 4 is 22.1 Å². The standard InChI is InChI=1S/C21H17BrF2N2O/c1-14-12-16(8-10-25-14)21(9-11-26-27,15-2-4-17(22)5-3-15)19-7-6-18(23)13-20(19)24/h2-8,10-13,27H,9H2,1H3. The van der Waals surface area contributed by atoms with E-state index in [1.165, 1.54) is 18.3 Å². The molecular weight excluding hydrogens is 414 g/mol. The fourth-order valence-corrected chi connectivity index (χ4v) is 3.65. The first kappa shape index (κ1) is 19.2. The maximum absolute atomic E-state index is 15.0. The van der Waals surface area contributed by atoms with Crippen molar-refractivity contribution in [3.63, 3.8) is 0 Å². The van der Waals surface area contributed by atoms with Gasteiger partial charge in [0.05, 0.1) is 5.41 Å². The molecule has 138 valence electrons. The number of oxime groups is 1. The van der Waals surface area contributed by atoms with Gasteiger partial charge in [-0.05, 0) is 48.4 Å². The number of aryl methyl sites for hydroxylation is 1. The molecule has 27 heavy (non-hydrogen) atoms. The van der Waals surface area contributed by atoms with Crippen LogP contribution in [0, 0.1) is 18.6 Å². The molecule has 3 aromatic rings. The zero-order valence-electron chi connectivity index (χ0n) is 14.5. The number of nitrogens with zero attached hydrogens (tertiary/aromatic N) is 2. The summed E-state index contributed by atoms with van der Waals surface area (Å²) in [6.07, 6.45) is 3.15. The summed E-state index contributed by atoms with van der Waals surface area (Å²) in [5.41, 5.74) is 1.58. The SMILES string of the molecule is Cc1cc(C(CC=NO)(c2ccc(Br)cc2)c2ccc(F)cc2F)ccn1. The molecule has 0 saturated carbocycles. The summed E-state index contributed by atoms with van der Waals surface area (Å²) in [7, 11) is 0. The van der Waals surface area contributed by atoms with Gasteiger partial charge >= 0.3 is 0 Å². The summed E-state index contributed by atoms with van der Waals surface area (Å²) in [5.74, 6) is -1.32. The number of rotatable bonds is 5. The first-order valence-electron chi connectivity index (χ1n) is 8.28. The van der Waals surface area contributed by atoms with Gasteiger partial charge in [0.1, 0.15) is 11.6 Å². The van der Waals surface area contributed by atoms with Crippen LogP contribution in [0.2, 0.25) is 0 Å². The van der Waals surface area contributed by atoms with Gasteiger partial charge in [-0.25, -0.2) is 8.78 Å². The third-order valence-electron chi connectivity index (χ3n) is 4.60. The van der Waals surface area contributed by atoms with Crippen LogP contribution < -0.4 is 0 Å². The van der Waals surface area contributed by atoms with Gasteiger partial charge in [0, 0.05) is 40.6 Å². The van der Waals surface area contributed by atoms with Crippen molar-refractivity contribution in [2.24, 2.45) is 5.16 Å². The Labute approximate surface area is 164 Å². The molecule has 2 aromatic carbocycles. The first-order valence-corrected chi connectivity index (χ1v) is 9.07. The molecule has 0 aliphatic rings. The Hall–Kier alpha value is -2.60. The monoisotopic (exact) mass is 430 g/mol. The van der Waals surface area contributed by atoms with Crippen LogP contribution in [-0.4, -0.2) is 16.4 Å². The Kier molecular flexibility index (Phi) is 5.65. The molecule has 3 rings (SSSR count). The molecule has 6 heteroatoms. The topological polar surface area (TPSA) is 45.5 Å². The third kappa shape index (κ3) is 3.76. The quantitative estimate of drug-likeness (QED) is 0.324. The number of halogens is 3. The summed E-state index contributed by atoms with van der Waals surface area (Å²) in [5, 5.41) is 12.2. The molecule has 0 aliphatic heterocycles. The predicted octanol–water partition coefficient (Wildman–Crippen LogP) is 5.62. The molecule has 1 heterocycles. The van der Waals surface area contributed by atoms with Crippen molar-refractivity contribution in [1.29, 1.82) is 0 Å². The first-order chi connectivity index (χ1) is 13.0. The van der Waals surface area contributed by atoms with Gasteiger partial charge in [0.25, 0.3) is 0 Å². The van der Waals surface area contributed by atoms with Gasteiger partial charge in [0.2, 0.25) is 0 Å². The fraction of sp³-hybridized carbons (Fsp3) is 0.143. The van der Waals surface area contributed by atoms with E-state index in [1.54, 1.807) is 12.3 Å². The maximum atomic E-state index is 15.0. The molecule has 3 nitrogen and oxygen atoms in total. The Balaban J connectivity index is 2.39. The molecule has 0 saturated heterocycles. The van der Waals surface area contributed by atoms with E-state index in [2.05, 4.69) is 26.1 Å². The van der Waals surface area contributed by atoms with E-state index in [1.807, 2.05) is 37.3 Å². The van der Waals surface area contributed by atoms with Crippen LogP contribution in [0.25, 0.3) is 0 Å². The minimum atomic E-state index is -1.02. The summed E-state index contributed by atoms with van der Waals surface area (Å²) in [4.78, 5) is 4.23. The van der Waals surface area contributed by atoms with Crippen LogP contribution in [0.5, 0.6) is 0 Å². The summed E-state index contributed by atoms with van der Waals surface area (Å²) < 4.78 is 29.4. The van der Waals surface area contributed by atoms with E-state index in [0.717, 1.165) is 27.4 Å². The lowest BCUT2D eigenvalue weighted by atomic mass is 9.67. The van der Waals surface area contributed by atoms with Crippen molar-refractivity contribution in [2.75, 3.05) is 0 Å². The van der Waals surface area contributed by atoms with Crippen LogP contribution in [0.4, 0.5) is 8.78 Å². The van der Waals surface area contributed by atoms with Crippen molar-refractivity contribution in [1.82, 2.24) is 4.98 Å². The van der Waals surface area contributed by atoms with Crippen molar-refractivity contribution in [2.45, 2.75) is 18.8 Å². The third-order valence-corrected chi connectivity index (χ3v) is 5.13. The largest absolute Gasteiger partial charge is 0.411 e. The lowest BCUT2D eigenvalue weighted by molar-refractivity contribution is 0.319. The fourth-order valence-electron chi connectivity index (χ4n) is 3.38. The highest BCUT2D eigenvalue weighted by Gasteiger charge is 2.38. The number of pyridine rings is 1. The normalized spacial score (nSPS) is 13.6. The van der Waals surface area contributed by atoms with Crippen LogP contribution in [0.15, 0.2) is 70.4 Å². The molecule has 0 bridgehead atoms. The lowest BCUT2D eigenvalue weighted by Crippen LogP contribution is -2.31. The summed E-state index contributed by atoms with van der Waals surface area (Å²) in [6.45, 7) is 1.84. The minimum Gasteiger partial charge on any atom is -0.411 e. The second-order valence-electron chi connectivity index (χ2n) is 6.22. The lowest BCUT2D eigenvalue weighted by Gasteiger charge is -2.35. The van der Waals surface area contributed by atoms with E-state index >= 15 is 0 Å². The van der Waals surface area contributed by atoms with E-state index in [0.29, 0.717) is 0 Å². The van der Waals surface area contributed by atoms with Gasteiger partial charge in [0.15, 0.2) is 0 Å². The molecule has 1 N–H and O–H groups in total. The molecule has 1 atom stereocenters. The van der Waals surface area contributed by atoms with Crippen molar-refractivity contribution in [3.8, 4) is 0 Å². The Morgan fingerprint density at radius 3 is 2.44 bits per heavy atom. The maximum Gasteiger partial charge on any atom is 0.130 e. The summed E-state index contributed by atoms with van der Waals surface area (Å²) >= 11 is 3.41. The van der Waals surface area contributed by atoms with Crippen LogP contribution in [0.3, 0.4) is 0 Å². The number of hydrogen-bond donors (Lipinski definition) is 1. The average molecular weight is 431 g/mol. The van der Waals surface area contributed by atoms with Gasteiger partial charge < -0.3 is 5.21 Å². The van der Waals surface area contributed by atoms with Gasteiger partial charge in [-0.1, -0.05) is 34.1 Å². The van der Waals surface area contributed by atoms with Crippen molar-refractivity contribution < 1.29 is 14.0 Å². The van der Waals surface area contributed by atoms with Gasteiger partial charge in [-0.15, -0.1) is 5.16 Å². The number of benzene rings is 2. The molecule has 0 aliphatic carbocycles. The second-order valence-corrected chi connectivity index (χ2v) is 7.14. The van der Waals surface area contributed by atoms with Crippen LogP contribution >= 0.6 is 15.9 Å². The molecule has 1 unspecified atom stereocenters. The van der Waals surface area contributed by atoms with Gasteiger partial charge in [-0.3, -0.25) is 4.98 Å². The number of hydrogen-bond acceptors (Lipinski definition) is 3. The Bertz CT molecular complexity index is 976. The average Bonchev–Trinajstić information content (AvgIpc) is 2.64. The summed E-state index contributed by atoms with van der Waals surface area (Å²) in [6, 6.07) is 14.6. The molecule has 0 amide bonds. The minimum absolute atomic E-state index is 0.178. The highest BCUT2D eigenvalue weighted by molar-refractivity contribution is 9.10. The van der Waals surface area contributed by atoms with Gasteiger partial charge in [-0.2, -0.15) is 0 Å².